The van der Waals surface area contributed by atoms with Gasteiger partial charge in [-0.15, -0.1) is 0 Å². The zero-order valence-electron chi connectivity index (χ0n) is 18.6. The highest BCUT2D eigenvalue weighted by Crippen LogP contribution is 2.49. The van der Waals surface area contributed by atoms with E-state index in [0.29, 0.717) is 5.46 Å². The van der Waals surface area contributed by atoms with Crippen molar-refractivity contribution in [3.05, 3.63) is 102 Å². The van der Waals surface area contributed by atoms with Gasteiger partial charge in [-0.2, -0.15) is 0 Å². The molecule has 1 aromatic heterocycles. The van der Waals surface area contributed by atoms with Crippen molar-refractivity contribution in [3.8, 4) is 5.69 Å². The number of hydrogen-bond acceptors (Lipinski definition) is 2. The van der Waals surface area contributed by atoms with Crippen molar-refractivity contribution in [2.45, 2.75) is 26.2 Å². The summed E-state index contributed by atoms with van der Waals surface area (Å²) < 4.78 is 2.26. The number of nitrogens with zero attached hydrogens (tertiary/aromatic N) is 1. The largest absolute Gasteiger partial charge is 0.488 e. The van der Waals surface area contributed by atoms with E-state index in [-0.39, 0.29) is 5.41 Å². The Morgan fingerprint density at radius 1 is 0.938 bits per heavy atom. The lowest BCUT2D eigenvalue weighted by Gasteiger charge is -2.23. The van der Waals surface area contributed by atoms with Gasteiger partial charge in [0.2, 0.25) is 0 Å². The summed E-state index contributed by atoms with van der Waals surface area (Å²) in [4.78, 5) is 0. The molecule has 3 aromatic carbocycles. The lowest BCUT2D eigenvalue weighted by Crippen LogP contribution is -2.29. The van der Waals surface area contributed by atoms with Crippen LogP contribution < -0.4 is 5.46 Å². The Labute approximate surface area is 188 Å². The SMILES string of the molecule is C=CC1=C(/C=C\C)c2cc3c4cc(B(O)O)ccc4n(-c4ccccc4)c3cc2C1(C)C. The van der Waals surface area contributed by atoms with Crippen LogP contribution in [0.15, 0.2) is 91.0 Å². The monoisotopic (exact) mass is 419 g/mol. The molecule has 0 spiro atoms. The summed E-state index contributed by atoms with van der Waals surface area (Å²) in [7, 11) is -1.51. The summed E-state index contributed by atoms with van der Waals surface area (Å²) in [6.45, 7) is 10.6. The van der Waals surface area contributed by atoms with Gasteiger partial charge in [-0.05, 0) is 65.0 Å². The van der Waals surface area contributed by atoms with Crippen molar-refractivity contribution in [3.63, 3.8) is 0 Å². The zero-order chi connectivity index (χ0) is 22.6. The maximum absolute atomic E-state index is 9.80. The van der Waals surface area contributed by atoms with Crippen LogP contribution in [0.1, 0.15) is 31.9 Å². The maximum Gasteiger partial charge on any atom is 0.488 e. The van der Waals surface area contributed by atoms with Crippen molar-refractivity contribution in [1.82, 2.24) is 4.57 Å². The number of hydrogen-bond donors (Lipinski definition) is 2. The van der Waals surface area contributed by atoms with Crippen molar-refractivity contribution in [1.29, 1.82) is 0 Å². The van der Waals surface area contributed by atoms with Gasteiger partial charge in [0, 0.05) is 21.9 Å². The van der Waals surface area contributed by atoms with Crippen LogP contribution in [0.4, 0.5) is 0 Å². The number of rotatable bonds is 4. The van der Waals surface area contributed by atoms with Crippen LogP contribution in [-0.2, 0) is 5.41 Å². The van der Waals surface area contributed by atoms with Crippen molar-refractivity contribution >= 4 is 40.0 Å². The molecule has 1 heterocycles. The van der Waals surface area contributed by atoms with Crippen LogP contribution in [0.2, 0.25) is 0 Å². The number of para-hydroxylation sites is 1. The molecular formula is C28H26BNO2. The average Bonchev–Trinajstić information content (AvgIpc) is 3.21. The molecule has 4 aromatic rings. The fourth-order valence-electron chi connectivity index (χ4n) is 5.18. The second-order valence-corrected chi connectivity index (χ2v) is 8.89. The molecule has 0 bridgehead atoms. The number of benzene rings is 3. The van der Waals surface area contributed by atoms with Gasteiger partial charge < -0.3 is 14.6 Å². The third kappa shape index (κ3) is 2.84. The van der Waals surface area contributed by atoms with Crippen LogP contribution >= 0.6 is 0 Å². The van der Waals surface area contributed by atoms with Crippen LogP contribution in [0, 0.1) is 0 Å². The molecule has 32 heavy (non-hydrogen) atoms. The van der Waals surface area contributed by atoms with Crippen LogP contribution in [0.5, 0.6) is 0 Å². The van der Waals surface area contributed by atoms with Gasteiger partial charge in [-0.3, -0.25) is 0 Å². The molecule has 1 aliphatic rings. The molecule has 3 nitrogen and oxygen atoms in total. The fraction of sp³-hybridized carbons (Fsp3) is 0.143. The number of aromatic nitrogens is 1. The van der Waals surface area contributed by atoms with Gasteiger partial charge in [0.1, 0.15) is 0 Å². The highest BCUT2D eigenvalue weighted by atomic mass is 16.4. The van der Waals surface area contributed by atoms with Crippen LogP contribution in [0.25, 0.3) is 33.1 Å². The Morgan fingerprint density at radius 3 is 2.31 bits per heavy atom. The van der Waals surface area contributed by atoms with Gasteiger partial charge in [0.25, 0.3) is 0 Å². The lowest BCUT2D eigenvalue weighted by molar-refractivity contribution is 0.426. The predicted molar refractivity (Wildman–Crippen MR) is 136 cm³/mol. The summed E-state index contributed by atoms with van der Waals surface area (Å²) in [5.41, 5.74) is 8.44. The maximum atomic E-state index is 9.80. The van der Waals surface area contributed by atoms with E-state index in [4.69, 9.17) is 0 Å². The molecule has 4 heteroatoms. The molecule has 5 rings (SSSR count). The van der Waals surface area contributed by atoms with Crippen LogP contribution in [0.3, 0.4) is 0 Å². The smallest absolute Gasteiger partial charge is 0.423 e. The zero-order valence-corrected chi connectivity index (χ0v) is 18.6. The van der Waals surface area contributed by atoms with Gasteiger partial charge in [0.15, 0.2) is 0 Å². The Kier molecular flexibility index (Phi) is 4.73. The van der Waals surface area contributed by atoms with Crippen molar-refractivity contribution in [2.24, 2.45) is 0 Å². The van der Waals surface area contributed by atoms with E-state index < -0.39 is 7.12 Å². The second kappa shape index (κ2) is 7.37. The Bertz CT molecular complexity index is 1440. The molecule has 1 aliphatic carbocycles. The second-order valence-electron chi connectivity index (χ2n) is 8.89. The standard InChI is InChI=1S/C28H26BNO2/c1-5-10-20-21-16-23-22-15-18(29(31)32)13-14-26(22)30(19-11-8-7-9-12-19)27(23)17-25(21)28(3,4)24(20)6-2/h5-17,31-32H,2H2,1,3-4H3/b10-5-. The number of fused-ring (bicyclic) bond motifs is 4. The molecule has 0 saturated heterocycles. The third-order valence-corrected chi connectivity index (χ3v) is 6.71. The van der Waals surface area contributed by atoms with E-state index in [1.165, 1.54) is 22.3 Å². The van der Waals surface area contributed by atoms with Crippen molar-refractivity contribution in [2.75, 3.05) is 0 Å². The lowest BCUT2D eigenvalue weighted by atomic mass is 9.79. The minimum atomic E-state index is -1.51. The van der Waals surface area contributed by atoms with Gasteiger partial charge in [-0.1, -0.05) is 69.0 Å². The fourth-order valence-corrected chi connectivity index (χ4v) is 5.18. The molecule has 0 unspecified atom stereocenters. The van der Waals surface area contributed by atoms with Crippen LogP contribution in [-0.4, -0.2) is 21.7 Å². The molecule has 2 N–H and O–H groups in total. The van der Waals surface area contributed by atoms with Gasteiger partial charge in [-0.25, -0.2) is 0 Å². The average molecular weight is 419 g/mol. The summed E-state index contributed by atoms with van der Waals surface area (Å²) in [5, 5.41) is 21.7. The quantitative estimate of drug-likeness (QED) is 0.443. The first kappa shape index (κ1) is 20.6. The van der Waals surface area contributed by atoms with E-state index in [1.54, 1.807) is 6.07 Å². The van der Waals surface area contributed by atoms with Crippen molar-refractivity contribution < 1.29 is 10.0 Å². The van der Waals surface area contributed by atoms with E-state index in [9.17, 15) is 10.0 Å². The minimum Gasteiger partial charge on any atom is -0.423 e. The van der Waals surface area contributed by atoms with E-state index >= 15 is 0 Å². The van der Waals surface area contributed by atoms with Gasteiger partial charge >= 0.3 is 7.12 Å². The normalized spacial score (nSPS) is 15.2. The molecule has 0 saturated carbocycles. The minimum absolute atomic E-state index is 0.162. The van der Waals surface area contributed by atoms with E-state index in [2.05, 4.69) is 61.4 Å². The van der Waals surface area contributed by atoms with E-state index in [0.717, 1.165) is 27.5 Å². The number of allylic oxidation sites excluding steroid dienone is 5. The Morgan fingerprint density at radius 2 is 1.66 bits per heavy atom. The Hall–Kier alpha value is -3.34. The molecule has 0 radical (unpaired) electrons. The summed E-state index contributed by atoms with van der Waals surface area (Å²) >= 11 is 0. The third-order valence-electron chi connectivity index (χ3n) is 6.71. The Balaban J connectivity index is 1.94. The first-order valence-electron chi connectivity index (χ1n) is 10.9. The van der Waals surface area contributed by atoms with E-state index in [1.807, 2.05) is 43.3 Å². The molecular weight excluding hydrogens is 393 g/mol. The molecule has 158 valence electrons. The van der Waals surface area contributed by atoms with Gasteiger partial charge in [0.05, 0.1) is 11.0 Å². The topological polar surface area (TPSA) is 45.4 Å². The molecule has 0 atom stereocenters. The molecule has 0 aliphatic heterocycles. The molecule has 0 fully saturated rings. The first-order chi connectivity index (χ1) is 15.4. The highest BCUT2D eigenvalue weighted by Gasteiger charge is 2.36. The summed E-state index contributed by atoms with van der Waals surface area (Å²) in [5.74, 6) is 0. The highest BCUT2D eigenvalue weighted by molar-refractivity contribution is 6.59. The first-order valence-corrected chi connectivity index (χ1v) is 10.9. The summed E-state index contributed by atoms with van der Waals surface area (Å²) in [6, 6.07) is 20.5. The molecule has 0 amide bonds. The summed E-state index contributed by atoms with van der Waals surface area (Å²) in [6.07, 6.45) is 6.21. The predicted octanol–water partition coefficient (Wildman–Crippen LogP) is 5.27.